The van der Waals surface area contributed by atoms with E-state index in [-0.39, 0.29) is 0 Å². The van der Waals surface area contributed by atoms with Crippen molar-refractivity contribution < 1.29 is 0 Å². The molecule has 1 N–H and O–H groups in total. The van der Waals surface area contributed by atoms with Crippen LogP contribution in [0.2, 0.25) is 0 Å². The lowest BCUT2D eigenvalue weighted by atomic mass is 9.54. The second-order valence-corrected chi connectivity index (χ2v) is 6.68. The van der Waals surface area contributed by atoms with Crippen molar-refractivity contribution in [2.24, 2.45) is 23.7 Å². The van der Waals surface area contributed by atoms with Gasteiger partial charge in [0.25, 0.3) is 0 Å². The molecule has 1 heterocycles. The van der Waals surface area contributed by atoms with E-state index in [0.29, 0.717) is 0 Å². The second kappa shape index (κ2) is 4.37. The molecule has 1 aromatic rings. The third-order valence-electron chi connectivity index (χ3n) is 5.51. The molecule has 0 aliphatic heterocycles. The monoisotopic (exact) mass is 245 g/mol. The molecule has 3 nitrogen and oxygen atoms in total. The molecule has 0 unspecified atom stereocenters. The Bertz CT molecular complexity index is 370. The van der Waals surface area contributed by atoms with Gasteiger partial charge in [0.2, 0.25) is 0 Å². The summed E-state index contributed by atoms with van der Waals surface area (Å²) in [6.07, 6.45) is 11.5. The highest BCUT2D eigenvalue weighted by Gasteiger charge is 2.47. The highest BCUT2D eigenvalue weighted by molar-refractivity contribution is 5.01. The second-order valence-electron chi connectivity index (χ2n) is 6.68. The molecular weight excluding hydrogens is 222 g/mol. The van der Waals surface area contributed by atoms with Crippen LogP contribution in [0.1, 0.15) is 32.1 Å². The van der Waals surface area contributed by atoms with Gasteiger partial charge in [0.15, 0.2) is 0 Å². The van der Waals surface area contributed by atoms with Crippen molar-refractivity contribution in [2.75, 3.05) is 6.54 Å². The Morgan fingerprint density at radius 3 is 2.39 bits per heavy atom. The van der Waals surface area contributed by atoms with Crippen LogP contribution in [-0.4, -0.2) is 22.4 Å². The summed E-state index contributed by atoms with van der Waals surface area (Å²) in [7, 11) is 0. The topological polar surface area (TPSA) is 29.9 Å². The van der Waals surface area contributed by atoms with Gasteiger partial charge in [0.05, 0.1) is 6.54 Å². The van der Waals surface area contributed by atoms with E-state index in [2.05, 4.69) is 16.6 Å². The quantitative estimate of drug-likeness (QED) is 0.882. The highest BCUT2D eigenvalue weighted by Crippen LogP contribution is 2.53. The van der Waals surface area contributed by atoms with E-state index in [9.17, 15) is 0 Å². The fourth-order valence-electron chi connectivity index (χ4n) is 5.04. The molecule has 0 atom stereocenters. The third-order valence-corrected chi connectivity index (χ3v) is 5.51. The molecule has 4 bridgehead atoms. The first-order chi connectivity index (χ1) is 8.88. The molecule has 0 amide bonds. The van der Waals surface area contributed by atoms with Gasteiger partial charge in [-0.05, 0) is 61.8 Å². The maximum atomic E-state index is 4.27. The minimum Gasteiger partial charge on any atom is -0.312 e. The Morgan fingerprint density at radius 1 is 1.06 bits per heavy atom. The summed E-state index contributed by atoms with van der Waals surface area (Å²) in [5.41, 5.74) is 0. The van der Waals surface area contributed by atoms with Gasteiger partial charge in [-0.25, -0.2) is 0 Å². The van der Waals surface area contributed by atoms with E-state index < -0.39 is 0 Å². The zero-order valence-electron chi connectivity index (χ0n) is 11.0. The lowest BCUT2D eigenvalue weighted by Gasteiger charge is -2.54. The number of hydrogen-bond acceptors (Lipinski definition) is 2. The molecule has 0 radical (unpaired) electrons. The predicted octanol–water partition coefficient (Wildman–Crippen LogP) is 2.30. The van der Waals surface area contributed by atoms with E-state index in [0.717, 1.165) is 42.8 Å². The number of nitrogens with one attached hydrogen (secondary N) is 1. The van der Waals surface area contributed by atoms with E-state index in [1.54, 1.807) is 6.42 Å². The summed E-state index contributed by atoms with van der Waals surface area (Å²) in [6.45, 7) is 2.09. The molecule has 4 fully saturated rings. The highest BCUT2D eigenvalue weighted by atomic mass is 15.3. The average molecular weight is 245 g/mol. The SMILES string of the molecule is c1cnn(CCNC2C3CC4CC(C3)CC2C4)c1. The zero-order valence-corrected chi connectivity index (χ0v) is 11.0. The van der Waals surface area contributed by atoms with E-state index in [1.165, 1.54) is 25.7 Å². The maximum absolute atomic E-state index is 4.27. The molecule has 5 rings (SSSR count). The van der Waals surface area contributed by atoms with Gasteiger partial charge < -0.3 is 5.32 Å². The number of aromatic nitrogens is 2. The van der Waals surface area contributed by atoms with Gasteiger partial charge in [-0.15, -0.1) is 0 Å². The molecule has 1 aromatic heterocycles. The largest absolute Gasteiger partial charge is 0.312 e. The van der Waals surface area contributed by atoms with Crippen molar-refractivity contribution in [3.8, 4) is 0 Å². The van der Waals surface area contributed by atoms with E-state index in [1.807, 2.05) is 16.9 Å². The van der Waals surface area contributed by atoms with Crippen molar-refractivity contribution in [1.82, 2.24) is 15.1 Å². The molecule has 4 aliphatic carbocycles. The summed E-state index contributed by atoms with van der Waals surface area (Å²) in [4.78, 5) is 0. The number of hydrogen-bond donors (Lipinski definition) is 1. The Morgan fingerprint density at radius 2 is 1.78 bits per heavy atom. The standard InChI is InChI=1S/C15H23N3/c1-2-17-18(4-1)5-3-16-15-13-7-11-6-12(9-13)10-14(15)8-11/h1-2,4,11-16H,3,5-10H2. The molecule has 0 saturated heterocycles. The van der Waals surface area contributed by atoms with Gasteiger partial charge in [-0.1, -0.05) is 0 Å². The molecule has 98 valence electrons. The van der Waals surface area contributed by atoms with Crippen molar-refractivity contribution in [3.63, 3.8) is 0 Å². The van der Waals surface area contributed by atoms with Crippen LogP contribution in [0, 0.1) is 23.7 Å². The van der Waals surface area contributed by atoms with Crippen LogP contribution in [0.4, 0.5) is 0 Å². The van der Waals surface area contributed by atoms with E-state index in [4.69, 9.17) is 0 Å². The van der Waals surface area contributed by atoms with Gasteiger partial charge in [0, 0.05) is 25.0 Å². The molecule has 0 spiro atoms. The van der Waals surface area contributed by atoms with Crippen molar-refractivity contribution in [1.29, 1.82) is 0 Å². The molecule has 18 heavy (non-hydrogen) atoms. The average Bonchev–Trinajstić information content (AvgIpc) is 2.85. The Balaban J connectivity index is 1.35. The summed E-state index contributed by atoms with van der Waals surface area (Å²) < 4.78 is 2.03. The summed E-state index contributed by atoms with van der Waals surface area (Å²) in [6, 6.07) is 2.82. The first-order valence-corrected chi connectivity index (χ1v) is 7.59. The van der Waals surface area contributed by atoms with Crippen LogP contribution >= 0.6 is 0 Å². The van der Waals surface area contributed by atoms with Gasteiger partial charge >= 0.3 is 0 Å². The Hall–Kier alpha value is -0.830. The van der Waals surface area contributed by atoms with Crippen molar-refractivity contribution in [3.05, 3.63) is 18.5 Å². The molecule has 0 aromatic carbocycles. The van der Waals surface area contributed by atoms with Crippen LogP contribution in [-0.2, 0) is 6.54 Å². The smallest absolute Gasteiger partial charge is 0.0534 e. The molecule has 3 heteroatoms. The van der Waals surface area contributed by atoms with Gasteiger partial charge in [-0.2, -0.15) is 5.10 Å². The van der Waals surface area contributed by atoms with Crippen LogP contribution in [0.5, 0.6) is 0 Å². The normalized spacial score (nSPS) is 41.4. The molecule has 4 saturated carbocycles. The molecular formula is C15H23N3. The Kier molecular flexibility index (Phi) is 2.68. The zero-order chi connectivity index (χ0) is 11.9. The Labute approximate surface area is 109 Å². The number of nitrogens with zero attached hydrogens (tertiary/aromatic N) is 2. The van der Waals surface area contributed by atoms with Gasteiger partial charge in [0.1, 0.15) is 0 Å². The van der Waals surface area contributed by atoms with Crippen LogP contribution in [0.15, 0.2) is 18.5 Å². The van der Waals surface area contributed by atoms with Crippen molar-refractivity contribution >= 4 is 0 Å². The third kappa shape index (κ3) is 1.89. The predicted molar refractivity (Wildman–Crippen MR) is 71.1 cm³/mol. The fraction of sp³-hybridized carbons (Fsp3) is 0.800. The summed E-state index contributed by atoms with van der Waals surface area (Å²) in [5.74, 6) is 4.13. The first-order valence-electron chi connectivity index (χ1n) is 7.59. The maximum Gasteiger partial charge on any atom is 0.0534 e. The number of rotatable bonds is 4. The minimum atomic E-state index is 0.813. The fourth-order valence-corrected chi connectivity index (χ4v) is 5.04. The van der Waals surface area contributed by atoms with Gasteiger partial charge in [-0.3, -0.25) is 4.68 Å². The minimum absolute atomic E-state index is 0.813. The summed E-state index contributed by atoms with van der Waals surface area (Å²) >= 11 is 0. The van der Waals surface area contributed by atoms with Crippen molar-refractivity contribution in [2.45, 2.75) is 44.7 Å². The van der Waals surface area contributed by atoms with Crippen LogP contribution < -0.4 is 5.32 Å². The van der Waals surface area contributed by atoms with Crippen LogP contribution in [0.25, 0.3) is 0 Å². The first kappa shape index (κ1) is 11.0. The molecule has 4 aliphatic rings. The van der Waals surface area contributed by atoms with E-state index >= 15 is 0 Å². The lowest BCUT2D eigenvalue weighted by Crippen LogP contribution is -2.54. The van der Waals surface area contributed by atoms with Crippen LogP contribution in [0.3, 0.4) is 0 Å². The lowest BCUT2D eigenvalue weighted by molar-refractivity contribution is -0.0138. The summed E-state index contributed by atoms with van der Waals surface area (Å²) in [5, 5.41) is 8.11.